The van der Waals surface area contributed by atoms with Crippen LogP contribution in [0.15, 0.2) is 0 Å². The minimum absolute atomic E-state index is 0.343. The van der Waals surface area contributed by atoms with Gasteiger partial charge in [-0.05, 0) is 32.1 Å². The van der Waals surface area contributed by atoms with E-state index in [9.17, 15) is 4.79 Å². The maximum atomic E-state index is 11.9. The fourth-order valence-electron chi connectivity index (χ4n) is 4.22. The summed E-state index contributed by atoms with van der Waals surface area (Å²) in [5.74, 6) is 1.49. The van der Waals surface area contributed by atoms with Gasteiger partial charge in [0.05, 0.1) is 18.6 Å². The van der Waals surface area contributed by atoms with Gasteiger partial charge in [0.2, 0.25) is 5.91 Å². The van der Waals surface area contributed by atoms with Gasteiger partial charge in [0.1, 0.15) is 0 Å². The zero-order valence-electron chi connectivity index (χ0n) is 12.5. The van der Waals surface area contributed by atoms with E-state index in [2.05, 4.69) is 19.2 Å². The highest BCUT2D eigenvalue weighted by Gasteiger charge is 2.43. The quantitative estimate of drug-likeness (QED) is 0.785. The van der Waals surface area contributed by atoms with Crippen molar-refractivity contribution < 1.29 is 9.69 Å². The molecule has 3 heteroatoms. The molecule has 3 nitrogen and oxygen atoms in total. The molecule has 1 amide bonds. The summed E-state index contributed by atoms with van der Waals surface area (Å²) >= 11 is 0. The largest absolute Gasteiger partial charge is 0.353 e. The maximum absolute atomic E-state index is 11.9. The van der Waals surface area contributed by atoms with Gasteiger partial charge in [0.15, 0.2) is 0 Å². The van der Waals surface area contributed by atoms with Gasteiger partial charge in [0.25, 0.3) is 0 Å². The normalized spacial score (nSPS) is 38.3. The molecule has 3 fully saturated rings. The molecular weight excluding hydrogens is 236 g/mol. The third kappa shape index (κ3) is 3.13. The van der Waals surface area contributed by atoms with Crippen molar-refractivity contribution in [3.8, 4) is 0 Å². The van der Waals surface area contributed by atoms with E-state index in [1.807, 2.05) is 4.90 Å². The Kier molecular flexibility index (Phi) is 3.84. The average Bonchev–Trinajstić information content (AvgIpc) is 3.13. The van der Waals surface area contributed by atoms with E-state index >= 15 is 0 Å². The third-order valence-electron chi connectivity index (χ3n) is 5.23. The molecule has 0 spiro atoms. The highest BCUT2D eigenvalue weighted by atomic mass is 16.2. The zero-order valence-corrected chi connectivity index (χ0v) is 12.5. The smallest absolute Gasteiger partial charge is 0.223 e. The molecule has 19 heavy (non-hydrogen) atoms. The summed E-state index contributed by atoms with van der Waals surface area (Å²) in [6.45, 7) is 5.99. The number of hydrogen-bond donors (Lipinski definition) is 2. The predicted octanol–water partition coefficient (Wildman–Crippen LogP) is 1.14. The lowest BCUT2D eigenvalue weighted by Crippen LogP contribution is -3.21. The summed E-state index contributed by atoms with van der Waals surface area (Å²) in [5.41, 5.74) is 0. The van der Waals surface area contributed by atoms with E-state index in [4.69, 9.17) is 0 Å². The van der Waals surface area contributed by atoms with Gasteiger partial charge in [0, 0.05) is 30.7 Å². The van der Waals surface area contributed by atoms with Crippen molar-refractivity contribution in [2.45, 2.75) is 76.9 Å². The molecule has 2 aliphatic heterocycles. The van der Waals surface area contributed by atoms with Crippen molar-refractivity contribution in [3.63, 3.8) is 0 Å². The van der Waals surface area contributed by atoms with Crippen LogP contribution in [0.4, 0.5) is 0 Å². The molecule has 0 aromatic rings. The molecule has 0 aromatic heterocycles. The first-order valence-corrected chi connectivity index (χ1v) is 8.29. The molecule has 2 heterocycles. The van der Waals surface area contributed by atoms with Gasteiger partial charge in [-0.3, -0.25) is 4.79 Å². The Labute approximate surface area is 117 Å². The van der Waals surface area contributed by atoms with E-state index in [1.54, 1.807) is 0 Å². The lowest BCUT2D eigenvalue weighted by atomic mass is 9.81. The van der Waals surface area contributed by atoms with Crippen LogP contribution >= 0.6 is 0 Å². The summed E-state index contributed by atoms with van der Waals surface area (Å²) in [6.07, 6.45) is 8.82. The molecule has 0 radical (unpaired) electrons. The minimum Gasteiger partial charge on any atom is -0.353 e. The molecule has 1 saturated carbocycles. The van der Waals surface area contributed by atoms with Gasteiger partial charge in [-0.1, -0.05) is 13.8 Å². The fourth-order valence-corrected chi connectivity index (χ4v) is 4.22. The molecule has 2 saturated heterocycles. The average molecular weight is 265 g/mol. The first kappa shape index (κ1) is 13.4. The van der Waals surface area contributed by atoms with Crippen molar-refractivity contribution in [1.82, 2.24) is 5.32 Å². The molecular formula is C16H29N2O+. The Bertz CT molecular complexity index is 324. The number of quaternary nitrogens is 1. The Morgan fingerprint density at radius 3 is 2.32 bits per heavy atom. The highest BCUT2D eigenvalue weighted by Crippen LogP contribution is 2.30. The van der Waals surface area contributed by atoms with Crippen LogP contribution in [0.1, 0.15) is 58.8 Å². The standard InChI is InChI=1S/C16H28N2O/c1-11(2)10-18-14-4-3-5-15(18)9-13(8-14)17-16(19)12-6-7-12/h11-15H,3-10H2,1-2H3,(H,17,19)/p+1/t13?,14-,15+. The van der Waals surface area contributed by atoms with Crippen LogP contribution in [0, 0.1) is 11.8 Å². The Balaban J connectivity index is 1.59. The van der Waals surface area contributed by atoms with E-state index < -0.39 is 0 Å². The van der Waals surface area contributed by atoms with Gasteiger partial charge >= 0.3 is 0 Å². The molecule has 2 unspecified atom stereocenters. The number of amides is 1. The number of nitrogens with one attached hydrogen (secondary N) is 2. The molecule has 4 atom stereocenters. The van der Waals surface area contributed by atoms with E-state index in [0.29, 0.717) is 17.9 Å². The molecule has 3 rings (SSSR count). The fraction of sp³-hybridized carbons (Fsp3) is 0.938. The monoisotopic (exact) mass is 265 g/mol. The van der Waals surface area contributed by atoms with Crippen LogP contribution in [0.2, 0.25) is 0 Å². The lowest BCUT2D eigenvalue weighted by Gasteiger charge is -2.46. The summed E-state index contributed by atoms with van der Waals surface area (Å²) in [4.78, 5) is 13.8. The lowest BCUT2D eigenvalue weighted by molar-refractivity contribution is -0.963. The first-order valence-electron chi connectivity index (χ1n) is 8.29. The highest BCUT2D eigenvalue weighted by molar-refractivity contribution is 5.81. The van der Waals surface area contributed by atoms with Gasteiger partial charge in [-0.15, -0.1) is 0 Å². The summed E-state index contributed by atoms with van der Waals surface area (Å²) in [6, 6.07) is 2.08. The number of carbonyl (C=O) groups excluding carboxylic acids is 1. The zero-order chi connectivity index (χ0) is 13.4. The van der Waals surface area contributed by atoms with Crippen molar-refractivity contribution in [2.24, 2.45) is 11.8 Å². The van der Waals surface area contributed by atoms with Crippen LogP contribution in [0.3, 0.4) is 0 Å². The number of carbonyl (C=O) groups is 1. The topological polar surface area (TPSA) is 33.5 Å². The molecule has 3 aliphatic rings. The van der Waals surface area contributed by atoms with Crippen LogP contribution < -0.4 is 10.2 Å². The summed E-state index contributed by atoms with van der Waals surface area (Å²) < 4.78 is 0. The van der Waals surface area contributed by atoms with Crippen LogP contribution in [0.25, 0.3) is 0 Å². The number of piperidine rings is 2. The Morgan fingerprint density at radius 2 is 1.79 bits per heavy atom. The summed E-state index contributed by atoms with van der Waals surface area (Å²) in [5, 5.41) is 3.33. The van der Waals surface area contributed by atoms with E-state index in [1.165, 1.54) is 38.6 Å². The molecule has 1 aliphatic carbocycles. The van der Waals surface area contributed by atoms with Crippen LogP contribution in [-0.4, -0.2) is 30.6 Å². The van der Waals surface area contributed by atoms with Gasteiger partial charge < -0.3 is 10.2 Å². The molecule has 0 aromatic carbocycles. The van der Waals surface area contributed by atoms with E-state index in [0.717, 1.165) is 30.8 Å². The second-order valence-electron chi connectivity index (χ2n) is 7.45. The Hall–Kier alpha value is -0.570. The van der Waals surface area contributed by atoms with E-state index in [-0.39, 0.29) is 0 Å². The molecule has 2 N–H and O–H groups in total. The SMILES string of the molecule is CC(C)C[NH+]1[C@@H]2CCC[C@H]1CC(NC(=O)C1CC1)C2. The minimum atomic E-state index is 0.343. The van der Waals surface area contributed by atoms with Gasteiger partial charge in [-0.25, -0.2) is 0 Å². The van der Waals surface area contributed by atoms with Gasteiger partial charge in [-0.2, -0.15) is 0 Å². The van der Waals surface area contributed by atoms with Crippen molar-refractivity contribution in [2.75, 3.05) is 6.54 Å². The van der Waals surface area contributed by atoms with Crippen LogP contribution in [-0.2, 0) is 4.79 Å². The van der Waals surface area contributed by atoms with Crippen molar-refractivity contribution in [1.29, 1.82) is 0 Å². The van der Waals surface area contributed by atoms with Crippen molar-refractivity contribution >= 4 is 5.91 Å². The molecule has 108 valence electrons. The Morgan fingerprint density at radius 1 is 1.16 bits per heavy atom. The van der Waals surface area contributed by atoms with Crippen molar-refractivity contribution in [3.05, 3.63) is 0 Å². The predicted molar refractivity (Wildman–Crippen MR) is 76.0 cm³/mol. The second kappa shape index (κ2) is 5.43. The first-order chi connectivity index (χ1) is 9.13. The number of rotatable bonds is 4. The number of hydrogen-bond acceptors (Lipinski definition) is 1. The molecule has 2 bridgehead atoms. The second-order valence-corrected chi connectivity index (χ2v) is 7.45. The van der Waals surface area contributed by atoms with Crippen LogP contribution in [0.5, 0.6) is 0 Å². The number of fused-ring (bicyclic) bond motifs is 2. The maximum Gasteiger partial charge on any atom is 0.223 e. The summed E-state index contributed by atoms with van der Waals surface area (Å²) in [7, 11) is 0. The third-order valence-corrected chi connectivity index (χ3v) is 5.23.